The molecule has 0 spiro atoms. The molecule has 6 nitrogen and oxygen atoms in total. The number of hydrogen-bond donors (Lipinski definition) is 1. The first-order valence-corrected chi connectivity index (χ1v) is 11.8. The van der Waals surface area contributed by atoms with Crippen molar-refractivity contribution in [2.45, 2.75) is 31.6 Å². The molecule has 0 aliphatic carbocycles. The first-order valence-electron chi connectivity index (χ1n) is 9.53. The highest BCUT2D eigenvalue weighted by atomic mass is 32.2. The lowest BCUT2D eigenvalue weighted by Gasteiger charge is -2.16. The second kappa shape index (κ2) is 7.78. The highest BCUT2D eigenvalue weighted by molar-refractivity contribution is 7.89. The van der Waals surface area contributed by atoms with Crippen molar-refractivity contribution < 1.29 is 13.2 Å². The van der Waals surface area contributed by atoms with E-state index in [0.717, 1.165) is 28.3 Å². The van der Waals surface area contributed by atoms with E-state index in [-0.39, 0.29) is 10.8 Å². The third-order valence-electron chi connectivity index (χ3n) is 5.23. The number of nitrogens with one attached hydrogen (secondary N) is 1. The van der Waals surface area contributed by atoms with E-state index in [1.807, 2.05) is 42.9 Å². The van der Waals surface area contributed by atoms with E-state index in [1.165, 1.54) is 10.4 Å². The smallest absolute Gasteiger partial charge is 0.258 e. The molecule has 2 aromatic heterocycles. The van der Waals surface area contributed by atoms with Gasteiger partial charge in [-0.2, -0.15) is 4.31 Å². The van der Waals surface area contributed by atoms with Crippen LogP contribution in [0.1, 0.15) is 33.6 Å². The number of amides is 1. The van der Waals surface area contributed by atoms with Crippen molar-refractivity contribution in [2.75, 3.05) is 18.4 Å². The Kier molecular flexibility index (Phi) is 5.33. The molecule has 0 unspecified atom stereocenters. The summed E-state index contributed by atoms with van der Waals surface area (Å²) in [6, 6.07) is 10.3. The van der Waals surface area contributed by atoms with Crippen molar-refractivity contribution in [3.8, 4) is 5.00 Å². The lowest BCUT2D eigenvalue weighted by Crippen LogP contribution is -2.28. The number of anilines is 1. The van der Waals surface area contributed by atoms with Gasteiger partial charge in [0.1, 0.15) is 5.00 Å². The maximum Gasteiger partial charge on any atom is 0.258 e. The van der Waals surface area contributed by atoms with Gasteiger partial charge in [-0.3, -0.25) is 4.79 Å². The number of benzene rings is 1. The maximum atomic E-state index is 13.1. The zero-order valence-electron chi connectivity index (χ0n) is 16.4. The Hall–Kier alpha value is -2.42. The van der Waals surface area contributed by atoms with Crippen LogP contribution < -0.4 is 5.32 Å². The average molecular weight is 430 g/mol. The second-order valence-corrected chi connectivity index (χ2v) is 10.3. The summed E-state index contributed by atoms with van der Waals surface area (Å²) in [5, 5.41) is 3.74. The average Bonchev–Trinajstić information content (AvgIpc) is 3.44. The molecular formula is C21H23N3O3S2. The van der Waals surface area contributed by atoms with E-state index in [4.69, 9.17) is 0 Å². The summed E-state index contributed by atoms with van der Waals surface area (Å²) in [5.74, 6) is -0.244. The van der Waals surface area contributed by atoms with E-state index >= 15 is 0 Å². The summed E-state index contributed by atoms with van der Waals surface area (Å²) in [6.07, 6.45) is 5.58. The van der Waals surface area contributed by atoms with E-state index in [2.05, 4.69) is 5.32 Å². The Morgan fingerprint density at radius 3 is 2.45 bits per heavy atom. The maximum absolute atomic E-state index is 13.1. The molecule has 1 aliphatic rings. The minimum Gasteiger partial charge on any atom is -0.322 e. The third kappa shape index (κ3) is 3.75. The molecule has 1 aromatic carbocycles. The predicted octanol–water partition coefficient (Wildman–Crippen LogP) is 4.19. The molecule has 3 aromatic rings. The van der Waals surface area contributed by atoms with Crippen LogP contribution in [0.4, 0.5) is 5.69 Å². The SMILES string of the molecule is Cc1sc(-n2cccc2)c(C(=O)Nc2cccc(S(=O)(=O)N3CCCC3)c2)c1C. The van der Waals surface area contributed by atoms with E-state index in [0.29, 0.717) is 24.3 Å². The molecule has 1 saturated heterocycles. The van der Waals surface area contributed by atoms with Crippen LogP contribution in [0.15, 0.2) is 53.7 Å². The van der Waals surface area contributed by atoms with Crippen molar-refractivity contribution >= 4 is 33.0 Å². The Bertz CT molecular complexity index is 1140. The zero-order chi connectivity index (χ0) is 20.6. The monoisotopic (exact) mass is 429 g/mol. The minimum absolute atomic E-state index is 0.209. The van der Waals surface area contributed by atoms with E-state index < -0.39 is 10.0 Å². The number of aryl methyl sites for hydroxylation is 1. The molecule has 0 bridgehead atoms. The van der Waals surface area contributed by atoms with Crippen LogP contribution in [0.25, 0.3) is 5.00 Å². The first-order chi connectivity index (χ1) is 13.9. The zero-order valence-corrected chi connectivity index (χ0v) is 18.0. The van der Waals surface area contributed by atoms with Crippen LogP contribution in [0.2, 0.25) is 0 Å². The Labute approximate surface area is 174 Å². The Morgan fingerprint density at radius 2 is 1.76 bits per heavy atom. The summed E-state index contributed by atoms with van der Waals surface area (Å²) < 4.78 is 29.1. The van der Waals surface area contributed by atoms with Gasteiger partial charge in [-0.05, 0) is 62.6 Å². The molecule has 1 aliphatic heterocycles. The molecule has 29 heavy (non-hydrogen) atoms. The number of thiophene rings is 1. The summed E-state index contributed by atoms with van der Waals surface area (Å²) in [7, 11) is -3.53. The van der Waals surface area contributed by atoms with Crippen LogP contribution in [-0.2, 0) is 10.0 Å². The molecular weight excluding hydrogens is 406 g/mol. The molecule has 152 valence electrons. The molecule has 1 N–H and O–H groups in total. The molecule has 0 saturated carbocycles. The van der Waals surface area contributed by atoms with Crippen LogP contribution in [-0.4, -0.2) is 36.3 Å². The molecule has 0 radical (unpaired) electrons. The normalized spacial score (nSPS) is 15.0. The predicted molar refractivity (Wildman–Crippen MR) is 116 cm³/mol. The van der Waals surface area contributed by atoms with E-state index in [1.54, 1.807) is 29.5 Å². The van der Waals surface area contributed by atoms with Crippen molar-refractivity contribution in [3.05, 3.63) is 64.8 Å². The summed E-state index contributed by atoms with van der Waals surface area (Å²) in [6.45, 7) is 5.02. The summed E-state index contributed by atoms with van der Waals surface area (Å²) >= 11 is 1.56. The van der Waals surface area contributed by atoms with E-state index in [9.17, 15) is 13.2 Å². The first kappa shape index (κ1) is 19.9. The molecule has 0 atom stereocenters. The highest BCUT2D eigenvalue weighted by Crippen LogP contribution is 2.32. The van der Waals surface area contributed by atoms with Crippen molar-refractivity contribution in [1.29, 1.82) is 0 Å². The number of carbonyl (C=O) groups is 1. The minimum atomic E-state index is -3.53. The van der Waals surface area contributed by atoms with Gasteiger partial charge in [-0.15, -0.1) is 11.3 Å². The van der Waals surface area contributed by atoms with Gasteiger partial charge in [0.2, 0.25) is 10.0 Å². The number of rotatable bonds is 5. The van der Waals surface area contributed by atoms with Crippen molar-refractivity contribution in [2.24, 2.45) is 0 Å². The van der Waals surface area contributed by atoms with Crippen molar-refractivity contribution in [3.63, 3.8) is 0 Å². The van der Waals surface area contributed by atoms with Gasteiger partial charge < -0.3 is 9.88 Å². The van der Waals surface area contributed by atoms with Gasteiger partial charge in [0.15, 0.2) is 0 Å². The van der Waals surface area contributed by atoms with Crippen LogP contribution in [0.3, 0.4) is 0 Å². The Morgan fingerprint density at radius 1 is 1.07 bits per heavy atom. The molecule has 1 fully saturated rings. The number of nitrogens with zero attached hydrogens (tertiary/aromatic N) is 2. The Balaban J connectivity index is 1.64. The lowest BCUT2D eigenvalue weighted by atomic mass is 10.1. The van der Waals surface area contributed by atoms with Crippen LogP contribution >= 0.6 is 11.3 Å². The fraction of sp³-hybridized carbons (Fsp3) is 0.286. The third-order valence-corrected chi connectivity index (χ3v) is 8.34. The molecule has 1 amide bonds. The van der Waals surface area contributed by atoms with Gasteiger partial charge in [-0.1, -0.05) is 6.07 Å². The lowest BCUT2D eigenvalue weighted by molar-refractivity contribution is 0.102. The largest absolute Gasteiger partial charge is 0.322 e. The molecule has 8 heteroatoms. The van der Waals surface area contributed by atoms with Gasteiger partial charge >= 0.3 is 0 Å². The number of carbonyl (C=O) groups excluding carboxylic acids is 1. The van der Waals surface area contributed by atoms with Crippen LogP contribution in [0, 0.1) is 13.8 Å². The standard InChI is InChI=1S/C21H23N3O3S2/c1-15-16(2)28-21(23-10-3-4-11-23)19(15)20(25)22-17-8-7-9-18(14-17)29(26,27)24-12-5-6-13-24/h3-4,7-11,14H,5-6,12-13H2,1-2H3,(H,22,25). The van der Waals surface area contributed by atoms with Gasteiger partial charge in [0.05, 0.1) is 10.5 Å². The van der Waals surface area contributed by atoms with Crippen molar-refractivity contribution in [1.82, 2.24) is 8.87 Å². The van der Waals surface area contributed by atoms with Gasteiger partial charge in [0.25, 0.3) is 5.91 Å². The molecule has 4 rings (SSSR count). The number of aromatic nitrogens is 1. The quantitative estimate of drug-likeness (QED) is 0.661. The summed E-state index contributed by atoms with van der Waals surface area (Å²) in [5.41, 5.74) is 2.01. The number of hydrogen-bond acceptors (Lipinski definition) is 4. The van der Waals surface area contributed by atoms with Gasteiger partial charge in [-0.25, -0.2) is 8.42 Å². The topological polar surface area (TPSA) is 71.4 Å². The van der Waals surface area contributed by atoms with Crippen LogP contribution in [0.5, 0.6) is 0 Å². The summed E-state index contributed by atoms with van der Waals surface area (Å²) in [4.78, 5) is 14.4. The highest BCUT2D eigenvalue weighted by Gasteiger charge is 2.27. The van der Waals surface area contributed by atoms with Gasteiger partial charge in [0, 0.05) is 36.0 Å². The number of sulfonamides is 1. The fourth-order valence-corrected chi connectivity index (χ4v) is 6.22. The molecule has 3 heterocycles. The second-order valence-electron chi connectivity index (χ2n) is 7.15. The fourth-order valence-electron chi connectivity index (χ4n) is 3.53.